The van der Waals surface area contributed by atoms with Crippen molar-refractivity contribution in [3.05, 3.63) is 50.6 Å². The number of carbonyl (C=O) groups excluding carboxylic acids is 1. The minimum atomic E-state index is -0.410. The van der Waals surface area contributed by atoms with Crippen LogP contribution >= 0.6 is 46.4 Å². The lowest BCUT2D eigenvalue weighted by Crippen LogP contribution is -2.20. The molecule has 1 amide bonds. The van der Waals surface area contributed by atoms with Gasteiger partial charge in [-0.05, 0) is 24.3 Å². The first-order valence-corrected chi connectivity index (χ1v) is 7.15. The van der Waals surface area contributed by atoms with E-state index < -0.39 is 5.91 Å². The van der Waals surface area contributed by atoms with Crippen LogP contribution in [-0.4, -0.2) is 17.5 Å². The van der Waals surface area contributed by atoms with E-state index in [-0.39, 0.29) is 22.4 Å². The molecule has 0 aliphatic heterocycles. The molecule has 2 rings (SSSR count). The van der Waals surface area contributed by atoms with E-state index in [9.17, 15) is 4.79 Å². The van der Waals surface area contributed by atoms with E-state index in [1.54, 1.807) is 12.1 Å². The van der Waals surface area contributed by atoms with E-state index in [0.29, 0.717) is 15.9 Å². The highest BCUT2D eigenvalue weighted by atomic mass is 35.5. The third kappa shape index (κ3) is 4.64. The lowest BCUT2D eigenvalue weighted by molar-refractivity contribution is -0.118. The summed E-state index contributed by atoms with van der Waals surface area (Å²) < 4.78 is 5.29. The van der Waals surface area contributed by atoms with Crippen LogP contribution in [0, 0.1) is 0 Å². The molecule has 21 heavy (non-hydrogen) atoms. The molecule has 2 aromatic rings. The van der Waals surface area contributed by atoms with Gasteiger partial charge in [0.2, 0.25) is 0 Å². The molecule has 0 bridgehead atoms. The maximum Gasteiger partial charge on any atom is 0.263 e. The molecule has 8 heteroatoms. The van der Waals surface area contributed by atoms with Gasteiger partial charge in [-0.2, -0.15) is 0 Å². The number of ether oxygens (including phenoxy) is 1. The number of rotatable bonds is 4. The van der Waals surface area contributed by atoms with Crippen molar-refractivity contribution in [2.75, 3.05) is 11.9 Å². The molecule has 0 fully saturated rings. The molecular formula is C13H8Cl4N2O2. The largest absolute Gasteiger partial charge is 0.481 e. The molecule has 1 aromatic heterocycles. The van der Waals surface area contributed by atoms with E-state index in [2.05, 4.69) is 10.3 Å². The Labute approximate surface area is 140 Å². The summed E-state index contributed by atoms with van der Waals surface area (Å²) >= 11 is 23.4. The monoisotopic (exact) mass is 364 g/mol. The zero-order chi connectivity index (χ0) is 15.4. The molecule has 0 atom stereocenters. The predicted octanol–water partition coefficient (Wildman–Crippen LogP) is 4.71. The lowest BCUT2D eigenvalue weighted by Gasteiger charge is -2.10. The van der Waals surface area contributed by atoms with Crippen LogP contribution < -0.4 is 10.1 Å². The molecule has 110 valence electrons. The van der Waals surface area contributed by atoms with Crippen LogP contribution in [0.1, 0.15) is 0 Å². The fourth-order valence-electron chi connectivity index (χ4n) is 1.43. The van der Waals surface area contributed by atoms with Gasteiger partial charge in [-0.15, -0.1) is 0 Å². The topological polar surface area (TPSA) is 51.2 Å². The molecule has 4 nitrogen and oxygen atoms in total. The van der Waals surface area contributed by atoms with E-state index >= 15 is 0 Å². The standard InChI is InChI=1S/C13H8Cl4N2O2/c14-7-1-2-11(18-5-7)19-12(20)6-21-13-9(16)3-8(15)4-10(13)17/h1-5H,6H2,(H,18,19,20). The summed E-state index contributed by atoms with van der Waals surface area (Å²) in [5.74, 6) is 0.148. The molecule has 1 N–H and O–H groups in total. The number of aromatic nitrogens is 1. The summed E-state index contributed by atoms with van der Waals surface area (Å²) in [4.78, 5) is 15.7. The molecule has 0 saturated heterocycles. The maximum absolute atomic E-state index is 11.7. The highest BCUT2D eigenvalue weighted by Crippen LogP contribution is 2.35. The number of anilines is 1. The van der Waals surface area contributed by atoms with Crippen molar-refractivity contribution in [1.29, 1.82) is 0 Å². The van der Waals surface area contributed by atoms with Crippen molar-refractivity contribution in [2.45, 2.75) is 0 Å². The first-order valence-electron chi connectivity index (χ1n) is 5.64. The van der Waals surface area contributed by atoms with Crippen molar-refractivity contribution >= 4 is 58.1 Å². The van der Waals surface area contributed by atoms with Gasteiger partial charge in [-0.1, -0.05) is 46.4 Å². The zero-order valence-corrected chi connectivity index (χ0v) is 13.4. The number of nitrogens with zero attached hydrogens (tertiary/aromatic N) is 1. The number of hydrogen-bond donors (Lipinski definition) is 1. The molecule has 0 spiro atoms. The van der Waals surface area contributed by atoms with Crippen LogP contribution in [0.25, 0.3) is 0 Å². The molecule has 0 aliphatic rings. The molecular weight excluding hydrogens is 358 g/mol. The van der Waals surface area contributed by atoms with Crippen LogP contribution in [0.15, 0.2) is 30.5 Å². The number of carbonyl (C=O) groups is 1. The van der Waals surface area contributed by atoms with Crippen molar-refractivity contribution in [2.24, 2.45) is 0 Å². The fourth-order valence-corrected chi connectivity index (χ4v) is 2.47. The number of halogens is 4. The molecule has 0 aliphatic carbocycles. The van der Waals surface area contributed by atoms with Crippen LogP contribution in [0.3, 0.4) is 0 Å². The summed E-state index contributed by atoms with van der Waals surface area (Å²) in [6.07, 6.45) is 1.42. The molecule has 0 unspecified atom stereocenters. The van der Waals surface area contributed by atoms with Gasteiger partial charge in [0.25, 0.3) is 5.91 Å². The Morgan fingerprint density at radius 3 is 2.33 bits per heavy atom. The van der Waals surface area contributed by atoms with Gasteiger partial charge in [0.05, 0.1) is 15.1 Å². The predicted molar refractivity (Wildman–Crippen MR) is 84.8 cm³/mol. The minimum absolute atomic E-state index is 0.196. The van der Waals surface area contributed by atoms with Crippen LogP contribution in [-0.2, 0) is 4.79 Å². The zero-order valence-electron chi connectivity index (χ0n) is 10.4. The quantitative estimate of drug-likeness (QED) is 0.853. The Hall–Kier alpha value is -1.20. The van der Waals surface area contributed by atoms with Gasteiger partial charge in [0.1, 0.15) is 5.82 Å². The number of benzene rings is 1. The molecule has 1 aromatic carbocycles. The third-order valence-electron chi connectivity index (χ3n) is 2.31. The Morgan fingerprint density at radius 2 is 1.76 bits per heavy atom. The SMILES string of the molecule is O=C(COc1c(Cl)cc(Cl)cc1Cl)Nc1ccc(Cl)cn1. The Bertz CT molecular complexity index is 639. The van der Waals surface area contributed by atoms with Crippen LogP contribution in [0.2, 0.25) is 20.1 Å². The van der Waals surface area contributed by atoms with Crippen molar-refractivity contribution in [3.8, 4) is 5.75 Å². The number of hydrogen-bond acceptors (Lipinski definition) is 3. The number of pyridine rings is 1. The minimum Gasteiger partial charge on any atom is -0.481 e. The normalized spacial score (nSPS) is 10.3. The Morgan fingerprint density at radius 1 is 1.10 bits per heavy atom. The second-order valence-corrected chi connectivity index (χ2v) is 5.58. The molecule has 0 radical (unpaired) electrons. The first kappa shape index (κ1) is 16.2. The summed E-state index contributed by atoms with van der Waals surface area (Å²) in [6, 6.07) is 6.13. The van der Waals surface area contributed by atoms with Crippen molar-refractivity contribution in [3.63, 3.8) is 0 Å². The first-order chi connectivity index (χ1) is 9.95. The summed E-state index contributed by atoms with van der Waals surface area (Å²) in [5, 5.41) is 3.85. The summed E-state index contributed by atoms with van der Waals surface area (Å²) in [7, 11) is 0. The average molecular weight is 366 g/mol. The summed E-state index contributed by atoms with van der Waals surface area (Å²) in [5.41, 5.74) is 0. The highest BCUT2D eigenvalue weighted by Gasteiger charge is 2.11. The van der Waals surface area contributed by atoms with E-state index in [1.165, 1.54) is 18.3 Å². The molecule has 1 heterocycles. The van der Waals surface area contributed by atoms with Gasteiger partial charge in [0.15, 0.2) is 12.4 Å². The van der Waals surface area contributed by atoms with Crippen LogP contribution in [0.5, 0.6) is 5.75 Å². The maximum atomic E-state index is 11.7. The average Bonchev–Trinajstić information content (AvgIpc) is 2.40. The second-order valence-electron chi connectivity index (χ2n) is 3.90. The van der Waals surface area contributed by atoms with E-state index in [0.717, 1.165) is 0 Å². The van der Waals surface area contributed by atoms with Crippen LogP contribution in [0.4, 0.5) is 5.82 Å². The smallest absolute Gasteiger partial charge is 0.263 e. The van der Waals surface area contributed by atoms with Crippen molar-refractivity contribution in [1.82, 2.24) is 4.98 Å². The van der Waals surface area contributed by atoms with Gasteiger partial charge in [0, 0.05) is 11.2 Å². The third-order valence-corrected chi connectivity index (χ3v) is 3.31. The van der Waals surface area contributed by atoms with Gasteiger partial charge in [-0.3, -0.25) is 4.79 Å². The van der Waals surface area contributed by atoms with Gasteiger partial charge in [-0.25, -0.2) is 4.98 Å². The Kier molecular flexibility index (Phi) is 5.53. The van der Waals surface area contributed by atoms with E-state index in [4.69, 9.17) is 51.1 Å². The fraction of sp³-hybridized carbons (Fsp3) is 0.0769. The highest BCUT2D eigenvalue weighted by molar-refractivity contribution is 6.40. The number of amides is 1. The van der Waals surface area contributed by atoms with E-state index in [1.807, 2.05) is 0 Å². The summed E-state index contributed by atoms with van der Waals surface area (Å²) in [6.45, 7) is -0.272. The van der Waals surface area contributed by atoms with Gasteiger partial charge < -0.3 is 10.1 Å². The lowest BCUT2D eigenvalue weighted by atomic mass is 10.3. The Balaban J connectivity index is 1.97. The van der Waals surface area contributed by atoms with Crippen molar-refractivity contribution < 1.29 is 9.53 Å². The molecule has 0 saturated carbocycles. The number of nitrogens with one attached hydrogen (secondary N) is 1. The van der Waals surface area contributed by atoms with Gasteiger partial charge >= 0.3 is 0 Å². The second kappa shape index (κ2) is 7.18.